The maximum absolute atomic E-state index is 13.2. The maximum atomic E-state index is 13.2. The Labute approximate surface area is 256 Å². The molecule has 0 atom stereocenters. The summed E-state index contributed by atoms with van der Waals surface area (Å²) in [5.41, 5.74) is -0.592. The molecule has 0 radical (unpaired) electrons. The standard InChI is InChI=1S/C27H38F2N4O6S4/c1-25(2,3)16-26(4,5)17-27(6,7)31-42(36,37)18-9-11-19(12-10-18)43(38,39)32-30-24-33(8)21-15-20(13-14-22(21)40-24)41(34,35)23(28)29/h9-15,23,31-32H,16-17H2,1-8H3. The first-order valence-corrected chi connectivity index (χ1v) is 18.5. The number of fused-ring (bicyclic) bond motifs is 1. The van der Waals surface area contributed by atoms with Gasteiger partial charge in [0.05, 0.1) is 24.9 Å². The smallest absolute Gasteiger partial charge is 0.318 e. The molecule has 0 fully saturated rings. The zero-order chi connectivity index (χ0) is 32.8. The molecule has 2 aromatic carbocycles. The van der Waals surface area contributed by atoms with E-state index >= 15 is 0 Å². The molecule has 16 heteroatoms. The van der Waals surface area contributed by atoms with Gasteiger partial charge in [-0.3, -0.25) is 0 Å². The average molecular weight is 681 g/mol. The second kappa shape index (κ2) is 11.8. The van der Waals surface area contributed by atoms with Gasteiger partial charge in [-0.2, -0.15) is 22.0 Å². The quantitative estimate of drug-likeness (QED) is 0.275. The van der Waals surface area contributed by atoms with Crippen molar-refractivity contribution < 1.29 is 34.0 Å². The summed E-state index contributed by atoms with van der Waals surface area (Å²) < 4.78 is 106. The lowest BCUT2D eigenvalue weighted by molar-refractivity contribution is 0.162. The van der Waals surface area contributed by atoms with Crippen LogP contribution in [0.3, 0.4) is 0 Å². The molecule has 2 N–H and O–H groups in total. The maximum Gasteiger partial charge on any atom is 0.341 e. The number of benzene rings is 2. The van der Waals surface area contributed by atoms with Gasteiger partial charge in [-0.25, -0.2) is 21.6 Å². The first-order valence-electron chi connectivity index (χ1n) is 13.2. The van der Waals surface area contributed by atoms with Gasteiger partial charge in [0.2, 0.25) is 24.7 Å². The van der Waals surface area contributed by atoms with Crippen molar-refractivity contribution in [3.05, 3.63) is 47.3 Å². The highest BCUT2D eigenvalue weighted by molar-refractivity contribution is 7.91. The Morgan fingerprint density at radius 3 is 1.84 bits per heavy atom. The summed E-state index contributed by atoms with van der Waals surface area (Å²) in [6.07, 6.45) is 1.46. The lowest BCUT2D eigenvalue weighted by Crippen LogP contribution is -2.46. The van der Waals surface area contributed by atoms with E-state index in [1.807, 2.05) is 13.8 Å². The van der Waals surface area contributed by atoms with Crippen LogP contribution in [0.4, 0.5) is 8.78 Å². The summed E-state index contributed by atoms with van der Waals surface area (Å²) in [4.78, 5) is 1.28. The van der Waals surface area contributed by atoms with Crippen LogP contribution in [-0.4, -0.2) is 41.1 Å². The van der Waals surface area contributed by atoms with Crippen molar-refractivity contribution in [1.82, 2.24) is 14.1 Å². The van der Waals surface area contributed by atoms with Crippen molar-refractivity contribution in [2.45, 2.75) is 87.3 Å². The van der Waals surface area contributed by atoms with Gasteiger partial charge in [-0.1, -0.05) is 46.0 Å². The number of sulfone groups is 1. The molecule has 3 rings (SSSR count). The molecule has 0 saturated carbocycles. The molecule has 10 nitrogen and oxygen atoms in total. The summed E-state index contributed by atoms with van der Waals surface area (Å²) in [6.45, 7) is 14.2. The number of hydrogen-bond acceptors (Lipinski definition) is 8. The van der Waals surface area contributed by atoms with Gasteiger partial charge in [-0.05, 0) is 80.0 Å². The lowest BCUT2D eigenvalue weighted by atomic mass is 9.71. The Kier molecular flexibility index (Phi) is 9.66. The van der Waals surface area contributed by atoms with Crippen molar-refractivity contribution in [2.24, 2.45) is 23.0 Å². The van der Waals surface area contributed by atoms with Gasteiger partial charge in [0.1, 0.15) is 0 Å². The zero-order valence-corrected chi connectivity index (χ0v) is 28.5. The molecule has 0 saturated heterocycles. The number of nitrogens with one attached hydrogen (secondary N) is 2. The summed E-state index contributed by atoms with van der Waals surface area (Å²) in [6, 6.07) is 8.14. The molecule has 43 heavy (non-hydrogen) atoms. The SMILES string of the molecule is Cn1c(=NNS(=O)(=O)c2ccc(S(=O)(=O)NC(C)(C)CC(C)(C)CC(C)(C)C)cc2)sc2ccc(S(=O)(=O)C(F)F)cc21. The van der Waals surface area contributed by atoms with Crippen LogP contribution in [0.5, 0.6) is 0 Å². The third-order valence-corrected chi connectivity index (χ3v) is 11.8. The topological polar surface area (TPSA) is 144 Å². The summed E-state index contributed by atoms with van der Waals surface area (Å²) in [5.74, 6) is -3.58. The lowest BCUT2D eigenvalue weighted by Gasteiger charge is -2.39. The van der Waals surface area contributed by atoms with Gasteiger partial charge in [-0.15, -0.1) is 5.10 Å². The largest absolute Gasteiger partial charge is 0.341 e. The third kappa shape index (κ3) is 8.62. The Morgan fingerprint density at radius 1 is 0.814 bits per heavy atom. The van der Waals surface area contributed by atoms with Crippen LogP contribution in [0.2, 0.25) is 0 Å². The first-order chi connectivity index (χ1) is 19.4. The number of aromatic nitrogens is 1. The molecule has 0 bridgehead atoms. The molecule has 0 spiro atoms. The second-order valence-electron chi connectivity index (χ2n) is 13.1. The molecule has 1 aromatic heterocycles. The van der Waals surface area contributed by atoms with E-state index in [2.05, 4.69) is 49.3 Å². The fourth-order valence-corrected chi connectivity index (χ4v) is 9.57. The Balaban J connectivity index is 1.82. The monoisotopic (exact) mass is 680 g/mol. The highest BCUT2D eigenvalue weighted by Gasteiger charge is 2.35. The summed E-state index contributed by atoms with van der Waals surface area (Å²) in [5, 5.41) is 3.91. The molecular weight excluding hydrogens is 643 g/mol. The van der Waals surface area contributed by atoms with E-state index in [1.165, 1.54) is 29.8 Å². The van der Waals surface area contributed by atoms with Gasteiger partial charge >= 0.3 is 5.76 Å². The van der Waals surface area contributed by atoms with Crippen LogP contribution >= 0.6 is 11.3 Å². The number of nitrogens with zero attached hydrogens (tertiary/aromatic N) is 2. The molecule has 0 unspecified atom stereocenters. The number of thiazole rings is 1. The van der Waals surface area contributed by atoms with Gasteiger partial charge in [0.15, 0.2) is 0 Å². The van der Waals surface area contributed by atoms with E-state index in [4.69, 9.17) is 0 Å². The van der Waals surface area contributed by atoms with Gasteiger partial charge in [0.25, 0.3) is 10.0 Å². The van der Waals surface area contributed by atoms with E-state index in [9.17, 15) is 34.0 Å². The minimum absolute atomic E-state index is 0.0671. The van der Waals surface area contributed by atoms with E-state index < -0.39 is 46.1 Å². The number of aryl methyl sites for hydroxylation is 1. The second-order valence-corrected chi connectivity index (χ2v) is 19.4. The van der Waals surface area contributed by atoms with Crippen molar-refractivity contribution in [1.29, 1.82) is 0 Å². The molecular formula is C27H38F2N4O6S4. The van der Waals surface area contributed by atoms with Crippen LogP contribution in [0.25, 0.3) is 10.2 Å². The van der Waals surface area contributed by atoms with E-state index in [-0.39, 0.29) is 30.9 Å². The van der Waals surface area contributed by atoms with Gasteiger partial charge < -0.3 is 4.57 Å². The van der Waals surface area contributed by atoms with E-state index in [0.717, 1.165) is 42.0 Å². The van der Waals surface area contributed by atoms with E-state index in [1.54, 1.807) is 0 Å². The number of alkyl halides is 2. The van der Waals surface area contributed by atoms with Gasteiger partial charge in [0, 0.05) is 12.6 Å². The molecule has 0 aliphatic rings. The minimum atomic E-state index is -4.82. The van der Waals surface area contributed by atoms with Crippen LogP contribution in [0.15, 0.2) is 62.3 Å². The first kappa shape index (κ1) is 35.1. The number of hydrogen-bond donors (Lipinski definition) is 2. The van der Waals surface area contributed by atoms with Crippen molar-refractivity contribution in [3.8, 4) is 0 Å². The highest BCUT2D eigenvalue weighted by Crippen LogP contribution is 2.39. The van der Waals surface area contributed by atoms with Crippen molar-refractivity contribution in [2.75, 3.05) is 0 Å². The number of rotatable bonds is 11. The molecule has 3 aromatic rings. The predicted octanol–water partition coefficient (Wildman–Crippen LogP) is 4.94. The van der Waals surface area contributed by atoms with Crippen molar-refractivity contribution >= 4 is 51.4 Å². The predicted molar refractivity (Wildman–Crippen MR) is 163 cm³/mol. The fraction of sp³-hybridized carbons (Fsp3) is 0.519. The molecule has 0 aliphatic carbocycles. The number of halogens is 2. The Hall–Kier alpha value is -2.40. The van der Waals surface area contributed by atoms with E-state index in [0.29, 0.717) is 11.1 Å². The van der Waals surface area contributed by atoms with Crippen LogP contribution < -0.4 is 14.4 Å². The number of sulfonamides is 2. The minimum Gasteiger partial charge on any atom is -0.318 e. The average Bonchev–Trinajstić information content (AvgIpc) is 3.14. The van der Waals surface area contributed by atoms with Crippen LogP contribution in [-0.2, 0) is 36.9 Å². The fourth-order valence-electron chi connectivity index (χ4n) is 5.60. The van der Waals surface area contributed by atoms with Crippen LogP contribution in [0.1, 0.15) is 61.3 Å². The highest BCUT2D eigenvalue weighted by atomic mass is 32.2. The molecule has 0 aliphatic heterocycles. The molecule has 0 amide bonds. The Morgan fingerprint density at radius 2 is 1.33 bits per heavy atom. The normalized spacial score (nSPS) is 14.5. The zero-order valence-electron chi connectivity index (χ0n) is 25.3. The molecule has 1 heterocycles. The third-order valence-electron chi connectivity index (χ3n) is 6.39. The van der Waals surface area contributed by atoms with Crippen molar-refractivity contribution in [3.63, 3.8) is 0 Å². The molecule has 240 valence electrons. The van der Waals surface area contributed by atoms with Crippen LogP contribution in [0, 0.1) is 10.8 Å². The summed E-state index contributed by atoms with van der Waals surface area (Å²) >= 11 is 1.00. The Bertz CT molecular complexity index is 1890. The summed E-state index contributed by atoms with van der Waals surface area (Å²) in [7, 11) is -11.5.